The first-order valence-corrected chi connectivity index (χ1v) is 4.38. The van der Waals surface area contributed by atoms with Gasteiger partial charge in [-0.2, -0.15) is 4.37 Å². The van der Waals surface area contributed by atoms with Crippen molar-refractivity contribution in [2.75, 3.05) is 7.11 Å². The fourth-order valence-electron chi connectivity index (χ4n) is 0.832. The summed E-state index contributed by atoms with van der Waals surface area (Å²) in [6.45, 7) is 0. The van der Waals surface area contributed by atoms with E-state index in [0.29, 0.717) is 5.88 Å². The Kier molecular flexibility index (Phi) is 3.21. The number of carboxylic acid groups (broad SMARTS) is 1. The summed E-state index contributed by atoms with van der Waals surface area (Å²) < 4.78 is 8.76. The van der Waals surface area contributed by atoms with E-state index >= 15 is 0 Å². The molecule has 6 heteroatoms. The van der Waals surface area contributed by atoms with Gasteiger partial charge in [-0.25, -0.2) is 0 Å². The van der Waals surface area contributed by atoms with E-state index in [4.69, 9.17) is 15.6 Å². The van der Waals surface area contributed by atoms with E-state index in [-0.39, 0.29) is 6.42 Å². The second-order valence-electron chi connectivity index (χ2n) is 2.48. The second kappa shape index (κ2) is 4.20. The van der Waals surface area contributed by atoms with Crippen LogP contribution >= 0.6 is 11.5 Å². The molecule has 0 aliphatic rings. The number of hydrogen-bond donors (Lipinski definition) is 2. The van der Waals surface area contributed by atoms with Gasteiger partial charge in [0.2, 0.25) is 5.88 Å². The fourth-order valence-corrected chi connectivity index (χ4v) is 1.53. The predicted octanol–water partition coefficient (Wildman–Crippen LogP) is 0.626. The van der Waals surface area contributed by atoms with Crippen molar-refractivity contribution in [3.8, 4) is 5.88 Å². The molecule has 1 aromatic heterocycles. The van der Waals surface area contributed by atoms with Gasteiger partial charge in [0.1, 0.15) is 0 Å². The number of nitrogens with zero attached hydrogens (tertiary/aromatic N) is 1. The van der Waals surface area contributed by atoms with Crippen molar-refractivity contribution in [2.45, 2.75) is 12.5 Å². The molecule has 1 atom stereocenters. The van der Waals surface area contributed by atoms with Crippen LogP contribution in [0, 0.1) is 0 Å². The van der Waals surface area contributed by atoms with Crippen LogP contribution < -0.4 is 10.5 Å². The van der Waals surface area contributed by atoms with Crippen LogP contribution in [0.1, 0.15) is 17.3 Å². The molecule has 1 aromatic rings. The Hall–Kier alpha value is -1.14. The predicted molar refractivity (Wildman–Crippen MR) is 47.8 cm³/mol. The number of rotatable bonds is 4. The molecule has 1 heterocycles. The fraction of sp³-hybridized carbons (Fsp3) is 0.429. The highest BCUT2D eigenvalue weighted by atomic mass is 32.1. The Morgan fingerprint density at radius 3 is 3.08 bits per heavy atom. The normalized spacial score (nSPS) is 12.5. The molecule has 0 aliphatic carbocycles. The van der Waals surface area contributed by atoms with Crippen LogP contribution in [0.5, 0.6) is 5.88 Å². The van der Waals surface area contributed by atoms with Crippen molar-refractivity contribution in [1.82, 2.24) is 4.37 Å². The monoisotopic (exact) mass is 202 g/mol. The number of methoxy groups -OCH3 is 1. The molecule has 72 valence electrons. The van der Waals surface area contributed by atoms with E-state index in [9.17, 15) is 4.79 Å². The van der Waals surface area contributed by atoms with Crippen molar-refractivity contribution in [1.29, 1.82) is 0 Å². The summed E-state index contributed by atoms with van der Waals surface area (Å²) in [5, 5.41) is 8.48. The van der Waals surface area contributed by atoms with E-state index in [0.717, 1.165) is 16.4 Å². The number of aromatic nitrogens is 1. The Bertz CT molecular complexity index is 300. The highest BCUT2D eigenvalue weighted by Crippen LogP contribution is 2.23. The second-order valence-corrected chi connectivity index (χ2v) is 3.31. The van der Waals surface area contributed by atoms with Gasteiger partial charge in [0.05, 0.1) is 19.6 Å². The summed E-state index contributed by atoms with van der Waals surface area (Å²) in [5.74, 6) is -0.444. The average molecular weight is 202 g/mol. The van der Waals surface area contributed by atoms with E-state index in [1.54, 1.807) is 6.07 Å². The highest BCUT2D eigenvalue weighted by Gasteiger charge is 2.13. The molecule has 0 bridgehead atoms. The average Bonchev–Trinajstić information content (AvgIpc) is 2.50. The zero-order valence-corrected chi connectivity index (χ0v) is 7.87. The van der Waals surface area contributed by atoms with Crippen molar-refractivity contribution in [3.63, 3.8) is 0 Å². The molecule has 5 nitrogen and oxygen atoms in total. The lowest BCUT2D eigenvalue weighted by Crippen LogP contribution is -2.13. The zero-order chi connectivity index (χ0) is 9.84. The molecule has 0 unspecified atom stereocenters. The van der Waals surface area contributed by atoms with Gasteiger partial charge < -0.3 is 15.6 Å². The molecule has 0 radical (unpaired) electrons. The molecule has 0 amide bonds. The van der Waals surface area contributed by atoms with Gasteiger partial charge in [0.25, 0.3) is 0 Å². The minimum Gasteiger partial charge on any atom is -0.481 e. The van der Waals surface area contributed by atoms with Crippen LogP contribution in [-0.2, 0) is 4.79 Å². The molecule has 1 rings (SSSR count). The number of carboxylic acids is 1. The van der Waals surface area contributed by atoms with Crippen molar-refractivity contribution in [3.05, 3.63) is 10.9 Å². The van der Waals surface area contributed by atoms with E-state index < -0.39 is 12.0 Å². The molecule has 0 saturated carbocycles. The highest BCUT2D eigenvalue weighted by molar-refractivity contribution is 7.06. The van der Waals surface area contributed by atoms with E-state index in [1.807, 2.05) is 0 Å². The largest absolute Gasteiger partial charge is 0.481 e. The van der Waals surface area contributed by atoms with Crippen molar-refractivity contribution in [2.24, 2.45) is 5.73 Å². The summed E-state index contributed by atoms with van der Waals surface area (Å²) in [6, 6.07) is 1.15. The number of carbonyl (C=O) groups is 1. The molecular weight excluding hydrogens is 192 g/mol. The van der Waals surface area contributed by atoms with Crippen LogP contribution in [-0.4, -0.2) is 22.6 Å². The molecule has 0 aromatic carbocycles. The first-order chi connectivity index (χ1) is 6.13. The quantitative estimate of drug-likeness (QED) is 0.747. The van der Waals surface area contributed by atoms with Crippen molar-refractivity contribution >= 4 is 17.5 Å². The summed E-state index contributed by atoms with van der Waals surface area (Å²) in [4.78, 5) is 11.1. The lowest BCUT2D eigenvalue weighted by Gasteiger charge is -2.03. The molecule has 0 saturated heterocycles. The lowest BCUT2D eigenvalue weighted by atomic mass is 10.2. The maximum atomic E-state index is 10.3. The molecule has 0 spiro atoms. The van der Waals surface area contributed by atoms with Gasteiger partial charge >= 0.3 is 5.97 Å². The van der Waals surface area contributed by atoms with Crippen molar-refractivity contribution < 1.29 is 14.6 Å². The van der Waals surface area contributed by atoms with Gasteiger partial charge in [-0.05, 0) is 11.5 Å². The summed E-state index contributed by atoms with van der Waals surface area (Å²) in [7, 11) is 1.50. The lowest BCUT2D eigenvalue weighted by molar-refractivity contribution is -0.137. The number of hydrogen-bond acceptors (Lipinski definition) is 5. The number of ether oxygens (including phenoxy) is 1. The Labute approximate surface area is 79.3 Å². The van der Waals surface area contributed by atoms with Gasteiger partial charge in [-0.1, -0.05) is 0 Å². The molecule has 0 aliphatic heterocycles. The molecule has 3 N–H and O–H groups in total. The maximum Gasteiger partial charge on any atom is 0.305 e. The summed E-state index contributed by atoms with van der Waals surface area (Å²) in [5.41, 5.74) is 5.60. The standard InChI is InChI=1S/C7H10N2O3S/c1-12-6-3-5(13-9-6)4(8)2-7(10)11/h3-4H,2,8H2,1H3,(H,10,11)/t4-/m1/s1. The Morgan fingerprint density at radius 2 is 2.62 bits per heavy atom. The Morgan fingerprint density at radius 1 is 1.92 bits per heavy atom. The smallest absolute Gasteiger partial charge is 0.305 e. The van der Waals surface area contributed by atoms with Crippen LogP contribution in [0.2, 0.25) is 0 Å². The van der Waals surface area contributed by atoms with Gasteiger partial charge in [0.15, 0.2) is 0 Å². The summed E-state index contributed by atoms with van der Waals surface area (Å²) >= 11 is 1.16. The third-order valence-corrected chi connectivity index (χ3v) is 2.38. The first-order valence-electron chi connectivity index (χ1n) is 3.61. The van der Waals surface area contributed by atoms with Gasteiger partial charge in [-0.3, -0.25) is 4.79 Å². The van der Waals surface area contributed by atoms with E-state index in [2.05, 4.69) is 4.37 Å². The molecule has 0 fully saturated rings. The number of nitrogens with two attached hydrogens (primary N) is 1. The Balaban J connectivity index is 2.65. The van der Waals surface area contributed by atoms with Crippen LogP contribution in [0.25, 0.3) is 0 Å². The van der Waals surface area contributed by atoms with Gasteiger partial charge in [0, 0.05) is 10.9 Å². The topological polar surface area (TPSA) is 85.4 Å². The molecular formula is C7H10N2O3S. The SMILES string of the molecule is COc1cc([C@H](N)CC(=O)O)sn1. The third-order valence-electron chi connectivity index (χ3n) is 1.48. The minimum atomic E-state index is -0.917. The van der Waals surface area contributed by atoms with Crippen LogP contribution in [0.4, 0.5) is 0 Å². The zero-order valence-electron chi connectivity index (χ0n) is 7.06. The number of aliphatic carboxylic acids is 1. The van der Waals surface area contributed by atoms with Gasteiger partial charge in [-0.15, -0.1) is 0 Å². The van der Waals surface area contributed by atoms with Crippen LogP contribution in [0.3, 0.4) is 0 Å². The van der Waals surface area contributed by atoms with E-state index in [1.165, 1.54) is 7.11 Å². The van der Waals surface area contributed by atoms with Crippen LogP contribution in [0.15, 0.2) is 6.07 Å². The minimum absolute atomic E-state index is 0.0919. The first kappa shape index (κ1) is 9.94. The molecule has 13 heavy (non-hydrogen) atoms. The third kappa shape index (κ3) is 2.67. The maximum absolute atomic E-state index is 10.3. The summed E-state index contributed by atoms with van der Waals surface area (Å²) in [6.07, 6.45) is -0.0919.